The number of hydrogen-bond donors (Lipinski definition) is 0. The molecule has 1 atom stereocenters. The van der Waals surface area contributed by atoms with Crippen molar-refractivity contribution in [3.05, 3.63) is 24.2 Å². The SMILES string of the molecule is CC=COC(=CC)C1CO1. The Morgan fingerprint density at radius 1 is 1.60 bits per heavy atom. The molecule has 1 aliphatic heterocycles. The molecule has 56 valence electrons. The Labute approximate surface area is 61.1 Å². The van der Waals surface area contributed by atoms with E-state index in [1.165, 1.54) is 0 Å². The minimum Gasteiger partial charge on any atom is -0.467 e. The molecule has 0 aromatic rings. The van der Waals surface area contributed by atoms with Gasteiger partial charge in [0, 0.05) is 0 Å². The highest BCUT2D eigenvalue weighted by molar-refractivity contribution is 5.05. The van der Waals surface area contributed by atoms with Gasteiger partial charge in [-0.25, -0.2) is 0 Å². The van der Waals surface area contributed by atoms with Crippen LogP contribution in [-0.4, -0.2) is 12.7 Å². The maximum Gasteiger partial charge on any atom is 0.138 e. The zero-order chi connectivity index (χ0) is 7.40. The second-order valence-corrected chi connectivity index (χ2v) is 2.10. The quantitative estimate of drug-likeness (QED) is 0.440. The van der Waals surface area contributed by atoms with E-state index in [0.717, 1.165) is 12.4 Å². The van der Waals surface area contributed by atoms with Crippen molar-refractivity contribution >= 4 is 0 Å². The zero-order valence-corrected chi connectivity index (χ0v) is 6.33. The molecule has 0 saturated carbocycles. The highest BCUT2D eigenvalue weighted by atomic mass is 16.6. The lowest BCUT2D eigenvalue weighted by Crippen LogP contribution is -1.93. The van der Waals surface area contributed by atoms with Crippen molar-refractivity contribution in [3.8, 4) is 0 Å². The third kappa shape index (κ3) is 1.88. The Bertz CT molecular complexity index is 155. The Morgan fingerprint density at radius 3 is 2.70 bits per heavy atom. The Morgan fingerprint density at radius 2 is 2.30 bits per heavy atom. The maximum absolute atomic E-state index is 5.22. The van der Waals surface area contributed by atoms with Crippen LogP contribution in [0.4, 0.5) is 0 Å². The molecule has 1 aliphatic rings. The molecule has 0 aromatic carbocycles. The molecule has 2 heteroatoms. The lowest BCUT2D eigenvalue weighted by atomic mass is 10.4. The van der Waals surface area contributed by atoms with Gasteiger partial charge >= 0.3 is 0 Å². The molecule has 0 spiro atoms. The van der Waals surface area contributed by atoms with Gasteiger partial charge in [0.25, 0.3) is 0 Å². The molecular weight excluding hydrogens is 128 g/mol. The third-order valence-electron chi connectivity index (χ3n) is 1.28. The standard InChI is InChI=1S/C8H12O2/c1-3-5-9-7(4-2)8-6-10-8/h3-5,8H,6H2,1-2H3. The van der Waals surface area contributed by atoms with E-state index in [1.54, 1.807) is 6.26 Å². The van der Waals surface area contributed by atoms with Gasteiger partial charge in [-0.05, 0) is 19.9 Å². The van der Waals surface area contributed by atoms with Gasteiger partial charge in [-0.2, -0.15) is 0 Å². The molecule has 2 nitrogen and oxygen atoms in total. The molecule has 0 aromatic heterocycles. The Balaban J connectivity index is 2.34. The summed E-state index contributed by atoms with van der Waals surface area (Å²) in [6.45, 7) is 4.67. The van der Waals surface area contributed by atoms with Crippen LogP contribution in [0.25, 0.3) is 0 Å². The molecular formula is C8H12O2. The smallest absolute Gasteiger partial charge is 0.138 e. The average Bonchev–Trinajstić information content (AvgIpc) is 2.73. The van der Waals surface area contributed by atoms with Crippen LogP contribution in [0.15, 0.2) is 24.2 Å². The fraction of sp³-hybridized carbons (Fsp3) is 0.500. The normalized spacial score (nSPS) is 25.4. The third-order valence-corrected chi connectivity index (χ3v) is 1.28. The van der Waals surface area contributed by atoms with Gasteiger partial charge in [-0.1, -0.05) is 6.08 Å². The van der Waals surface area contributed by atoms with E-state index in [4.69, 9.17) is 9.47 Å². The van der Waals surface area contributed by atoms with Gasteiger partial charge in [-0.15, -0.1) is 0 Å². The van der Waals surface area contributed by atoms with E-state index in [-0.39, 0.29) is 6.10 Å². The van der Waals surface area contributed by atoms with Crippen molar-refractivity contribution < 1.29 is 9.47 Å². The molecule has 0 N–H and O–H groups in total. The summed E-state index contributed by atoms with van der Waals surface area (Å²) >= 11 is 0. The van der Waals surface area contributed by atoms with Crippen molar-refractivity contribution in [3.63, 3.8) is 0 Å². The van der Waals surface area contributed by atoms with Gasteiger partial charge < -0.3 is 9.47 Å². The molecule has 10 heavy (non-hydrogen) atoms. The molecule has 1 fully saturated rings. The predicted octanol–water partition coefficient (Wildman–Crippen LogP) is 1.84. The molecule has 1 unspecified atom stereocenters. The molecule has 0 radical (unpaired) electrons. The van der Waals surface area contributed by atoms with E-state index in [2.05, 4.69) is 0 Å². The molecule has 1 rings (SSSR count). The van der Waals surface area contributed by atoms with Gasteiger partial charge in [0.2, 0.25) is 0 Å². The van der Waals surface area contributed by atoms with Crippen LogP contribution >= 0.6 is 0 Å². The van der Waals surface area contributed by atoms with Gasteiger partial charge in [-0.3, -0.25) is 0 Å². The average molecular weight is 140 g/mol. The molecule has 1 saturated heterocycles. The molecule has 0 bridgehead atoms. The predicted molar refractivity (Wildman–Crippen MR) is 39.4 cm³/mol. The fourth-order valence-electron chi connectivity index (χ4n) is 0.689. The minimum absolute atomic E-state index is 0.223. The Kier molecular flexibility index (Phi) is 2.51. The largest absolute Gasteiger partial charge is 0.467 e. The van der Waals surface area contributed by atoms with Crippen LogP contribution in [0.1, 0.15) is 13.8 Å². The summed E-state index contributed by atoms with van der Waals surface area (Å²) in [6.07, 6.45) is 5.67. The number of ether oxygens (including phenoxy) is 2. The van der Waals surface area contributed by atoms with Crippen molar-refractivity contribution in [1.82, 2.24) is 0 Å². The van der Waals surface area contributed by atoms with Gasteiger partial charge in [0.1, 0.15) is 11.9 Å². The van der Waals surface area contributed by atoms with Crippen molar-refractivity contribution in [1.29, 1.82) is 0 Å². The summed E-state index contributed by atoms with van der Waals surface area (Å²) in [5.74, 6) is 0.915. The van der Waals surface area contributed by atoms with Crippen LogP contribution in [0, 0.1) is 0 Å². The number of allylic oxidation sites excluding steroid dienone is 2. The topological polar surface area (TPSA) is 21.8 Å². The van der Waals surface area contributed by atoms with E-state index in [0.29, 0.717) is 0 Å². The van der Waals surface area contributed by atoms with E-state index in [1.807, 2.05) is 26.0 Å². The van der Waals surface area contributed by atoms with Crippen molar-refractivity contribution in [2.75, 3.05) is 6.61 Å². The summed E-state index contributed by atoms with van der Waals surface area (Å²) in [5, 5.41) is 0. The van der Waals surface area contributed by atoms with E-state index in [9.17, 15) is 0 Å². The molecule has 0 amide bonds. The summed E-state index contributed by atoms with van der Waals surface area (Å²) in [5.41, 5.74) is 0. The second-order valence-electron chi connectivity index (χ2n) is 2.10. The van der Waals surface area contributed by atoms with E-state index >= 15 is 0 Å². The first-order chi connectivity index (χ1) is 4.88. The first-order valence-corrected chi connectivity index (χ1v) is 3.44. The second kappa shape index (κ2) is 3.42. The Hall–Kier alpha value is -0.760. The lowest BCUT2D eigenvalue weighted by Gasteiger charge is -1.99. The van der Waals surface area contributed by atoms with Crippen LogP contribution < -0.4 is 0 Å². The molecule has 0 aliphatic carbocycles. The summed E-state index contributed by atoms with van der Waals surface area (Å²) in [4.78, 5) is 0. The number of epoxide rings is 1. The minimum atomic E-state index is 0.223. The van der Waals surface area contributed by atoms with Gasteiger partial charge in [0.15, 0.2) is 0 Å². The monoisotopic (exact) mass is 140 g/mol. The number of hydrogen-bond acceptors (Lipinski definition) is 2. The first kappa shape index (κ1) is 7.35. The van der Waals surface area contributed by atoms with Crippen molar-refractivity contribution in [2.24, 2.45) is 0 Å². The lowest BCUT2D eigenvalue weighted by molar-refractivity contribution is 0.292. The zero-order valence-electron chi connectivity index (χ0n) is 6.33. The fourth-order valence-corrected chi connectivity index (χ4v) is 0.689. The van der Waals surface area contributed by atoms with Crippen molar-refractivity contribution in [2.45, 2.75) is 20.0 Å². The summed E-state index contributed by atoms with van der Waals surface area (Å²) < 4.78 is 10.3. The highest BCUT2D eigenvalue weighted by Crippen LogP contribution is 2.20. The highest BCUT2D eigenvalue weighted by Gasteiger charge is 2.27. The van der Waals surface area contributed by atoms with Crippen LogP contribution in [0.2, 0.25) is 0 Å². The summed E-state index contributed by atoms with van der Waals surface area (Å²) in [6, 6.07) is 0. The van der Waals surface area contributed by atoms with E-state index < -0.39 is 0 Å². The summed E-state index contributed by atoms with van der Waals surface area (Å²) in [7, 11) is 0. The van der Waals surface area contributed by atoms with Crippen LogP contribution in [0.5, 0.6) is 0 Å². The van der Waals surface area contributed by atoms with Gasteiger partial charge in [0.05, 0.1) is 12.9 Å². The number of rotatable bonds is 3. The first-order valence-electron chi connectivity index (χ1n) is 3.44. The van der Waals surface area contributed by atoms with Crippen LogP contribution in [-0.2, 0) is 9.47 Å². The van der Waals surface area contributed by atoms with Crippen LogP contribution in [0.3, 0.4) is 0 Å². The maximum atomic E-state index is 5.22. The molecule has 1 heterocycles.